The number of hydrogen-bond donors (Lipinski definition) is 3. The number of likely N-dealkylation sites (tertiary alicyclic amines) is 1. The quantitative estimate of drug-likeness (QED) is 0.689. The first-order valence-electron chi connectivity index (χ1n) is 8.05. The number of nitrogen functional groups attached to an aromatic ring is 1. The molecule has 3 rings (SSSR count). The van der Waals surface area contributed by atoms with Crippen LogP contribution < -0.4 is 11.1 Å². The van der Waals surface area contributed by atoms with E-state index in [0.29, 0.717) is 11.4 Å². The Balaban J connectivity index is 1.67. The number of hydrogen-bond acceptors (Lipinski definition) is 5. The Labute approximate surface area is 149 Å². The van der Waals surface area contributed by atoms with Gasteiger partial charge in [0.25, 0.3) is 0 Å². The number of carboxylic acid groups (broad SMARTS) is 1. The second-order valence-electron chi connectivity index (χ2n) is 6.04. The van der Waals surface area contributed by atoms with E-state index in [1.807, 2.05) is 30.3 Å². The predicted octanol–water partition coefficient (Wildman–Crippen LogP) is 1.03. The van der Waals surface area contributed by atoms with Crippen molar-refractivity contribution in [1.82, 2.24) is 15.2 Å². The predicted molar refractivity (Wildman–Crippen MR) is 92.8 cm³/mol. The van der Waals surface area contributed by atoms with Gasteiger partial charge in [0.15, 0.2) is 6.04 Å². The minimum atomic E-state index is -1.22. The minimum Gasteiger partial charge on any atom is -0.480 e. The van der Waals surface area contributed by atoms with Gasteiger partial charge in [-0.25, -0.2) is 19.5 Å². The van der Waals surface area contributed by atoms with Crippen molar-refractivity contribution < 1.29 is 19.5 Å². The smallest absolute Gasteiger partial charge is 0.327 e. The molecule has 0 saturated carbocycles. The number of urea groups is 1. The molecule has 1 fully saturated rings. The second-order valence-corrected chi connectivity index (χ2v) is 6.04. The first-order chi connectivity index (χ1) is 12.5. The van der Waals surface area contributed by atoms with Gasteiger partial charge in [-0.2, -0.15) is 0 Å². The third-order valence-electron chi connectivity index (χ3n) is 4.27. The molecule has 2 atom stereocenters. The lowest BCUT2D eigenvalue weighted by Gasteiger charge is -2.42. The molecule has 3 amide bonds. The zero-order valence-corrected chi connectivity index (χ0v) is 13.8. The molecule has 0 aliphatic carbocycles. The number of carbonyl (C=O) groups excluding carboxylic acids is 2. The van der Waals surface area contributed by atoms with Crippen LogP contribution in [0.2, 0.25) is 0 Å². The summed E-state index contributed by atoms with van der Waals surface area (Å²) < 4.78 is 0. The largest absolute Gasteiger partial charge is 0.480 e. The lowest BCUT2D eigenvalue weighted by Crippen LogP contribution is -2.68. The molecule has 1 aliphatic heterocycles. The van der Waals surface area contributed by atoms with Crippen molar-refractivity contribution in [3.05, 3.63) is 59.8 Å². The summed E-state index contributed by atoms with van der Waals surface area (Å²) in [5.41, 5.74) is 7.16. The molecule has 2 unspecified atom stereocenters. The Hall–Kier alpha value is -3.42. The molecule has 1 aromatic heterocycles. The van der Waals surface area contributed by atoms with Crippen LogP contribution in [0.25, 0.3) is 0 Å². The summed E-state index contributed by atoms with van der Waals surface area (Å²) in [5, 5.41) is 12.0. The Morgan fingerprint density at radius 3 is 2.58 bits per heavy atom. The van der Waals surface area contributed by atoms with Gasteiger partial charge < -0.3 is 16.2 Å². The van der Waals surface area contributed by atoms with E-state index >= 15 is 0 Å². The van der Waals surface area contributed by atoms with Crippen LogP contribution in [-0.4, -0.2) is 38.9 Å². The van der Waals surface area contributed by atoms with Crippen LogP contribution >= 0.6 is 0 Å². The fraction of sp³-hybridized carbons (Fsp3) is 0.222. The number of β-lactam (4-membered cyclic amide) rings is 1. The number of aliphatic carboxylic acids is 1. The highest BCUT2D eigenvalue weighted by Gasteiger charge is 2.54. The highest BCUT2D eigenvalue weighted by molar-refractivity contribution is 6.07. The number of carbonyl (C=O) groups is 3. The topological polar surface area (TPSA) is 126 Å². The van der Waals surface area contributed by atoms with Gasteiger partial charge >= 0.3 is 12.0 Å². The molecule has 2 heterocycles. The van der Waals surface area contributed by atoms with E-state index in [4.69, 9.17) is 5.73 Å². The highest BCUT2D eigenvalue weighted by Crippen LogP contribution is 2.30. The van der Waals surface area contributed by atoms with Crippen LogP contribution in [0.4, 0.5) is 10.6 Å². The number of nitrogens with one attached hydrogen (secondary N) is 1. The molecule has 0 radical (unpaired) electrons. The number of rotatable bonds is 5. The van der Waals surface area contributed by atoms with Crippen molar-refractivity contribution in [1.29, 1.82) is 0 Å². The van der Waals surface area contributed by atoms with Gasteiger partial charge in [0.1, 0.15) is 5.82 Å². The summed E-state index contributed by atoms with van der Waals surface area (Å²) in [5.74, 6) is -2.25. The molecule has 134 valence electrons. The van der Waals surface area contributed by atoms with Crippen molar-refractivity contribution in [2.75, 3.05) is 5.73 Å². The molecule has 1 aliphatic rings. The Bertz CT molecular complexity index is 840. The van der Waals surface area contributed by atoms with Crippen LogP contribution in [-0.2, 0) is 22.6 Å². The van der Waals surface area contributed by atoms with E-state index in [1.54, 1.807) is 12.1 Å². The summed E-state index contributed by atoms with van der Waals surface area (Å²) in [6.07, 6.45) is 1.68. The summed E-state index contributed by atoms with van der Waals surface area (Å²) in [4.78, 5) is 40.8. The van der Waals surface area contributed by atoms with Crippen LogP contribution in [0.1, 0.15) is 11.1 Å². The first-order valence-corrected chi connectivity index (χ1v) is 8.05. The van der Waals surface area contributed by atoms with Crippen LogP contribution in [0.15, 0.2) is 48.7 Å². The molecule has 26 heavy (non-hydrogen) atoms. The normalized spacial score (nSPS) is 18.9. The molecule has 4 N–H and O–H groups in total. The summed E-state index contributed by atoms with van der Waals surface area (Å²) in [6.45, 7) is 0.210. The number of amides is 3. The van der Waals surface area contributed by atoms with Crippen molar-refractivity contribution in [3.8, 4) is 0 Å². The lowest BCUT2D eigenvalue weighted by molar-refractivity contribution is -0.165. The van der Waals surface area contributed by atoms with Gasteiger partial charge in [-0.1, -0.05) is 30.3 Å². The average Bonchev–Trinajstić information content (AvgIpc) is 2.62. The SMILES string of the molecule is Nc1cc(CC2C(=O)N(C(=O)NCc3ccccc3)C2C(=O)O)ccn1. The maximum Gasteiger partial charge on any atom is 0.327 e. The van der Waals surface area contributed by atoms with Crippen LogP contribution in [0.5, 0.6) is 0 Å². The van der Waals surface area contributed by atoms with Crippen molar-refractivity contribution in [3.63, 3.8) is 0 Å². The summed E-state index contributed by atoms with van der Waals surface area (Å²) >= 11 is 0. The lowest BCUT2D eigenvalue weighted by atomic mass is 9.82. The van der Waals surface area contributed by atoms with E-state index in [-0.39, 0.29) is 13.0 Å². The fourth-order valence-corrected chi connectivity index (χ4v) is 2.99. The zero-order chi connectivity index (χ0) is 18.7. The monoisotopic (exact) mass is 354 g/mol. The van der Waals surface area contributed by atoms with Crippen molar-refractivity contribution in [2.24, 2.45) is 5.92 Å². The minimum absolute atomic E-state index is 0.186. The summed E-state index contributed by atoms with van der Waals surface area (Å²) in [6, 6.07) is 10.5. The average molecular weight is 354 g/mol. The Morgan fingerprint density at radius 1 is 1.19 bits per heavy atom. The molecule has 2 aromatic rings. The highest BCUT2D eigenvalue weighted by atomic mass is 16.4. The van der Waals surface area contributed by atoms with E-state index < -0.39 is 29.9 Å². The number of anilines is 1. The van der Waals surface area contributed by atoms with Crippen molar-refractivity contribution >= 4 is 23.7 Å². The number of aromatic nitrogens is 1. The molecule has 0 spiro atoms. The number of nitrogens with zero attached hydrogens (tertiary/aromatic N) is 2. The number of nitrogens with two attached hydrogens (primary N) is 1. The fourth-order valence-electron chi connectivity index (χ4n) is 2.99. The number of imide groups is 1. The Morgan fingerprint density at radius 2 is 1.92 bits per heavy atom. The van der Waals surface area contributed by atoms with E-state index in [0.717, 1.165) is 10.5 Å². The van der Waals surface area contributed by atoms with Gasteiger partial charge in [0.05, 0.1) is 5.92 Å². The molecule has 1 saturated heterocycles. The van der Waals surface area contributed by atoms with Gasteiger partial charge in [-0.3, -0.25) is 4.79 Å². The van der Waals surface area contributed by atoms with Gasteiger partial charge in [0, 0.05) is 12.7 Å². The van der Waals surface area contributed by atoms with Gasteiger partial charge in [0.2, 0.25) is 5.91 Å². The number of carboxylic acids is 1. The van der Waals surface area contributed by atoms with Crippen LogP contribution in [0.3, 0.4) is 0 Å². The molecule has 8 heteroatoms. The molecule has 8 nitrogen and oxygen atoms in total. The zero-order valence-electron chi connectivity index (χ0n) is 13.8. The summed E-state index contributed by atoms with van der Waals surface area (Å²) in [7, 11) is 0. The molecular formula is C18H18N4O4. The first kappa shape index (κ1) is 17.4. The van der Waals surface area contributed by atoms with Gasteiger partial charge in [-0.15, -0.1) is 0 Å². The third-order valence-corrected chi connectivity index (χ3v) is 4.27. The maximum absolute atomic E-state index is 12.4. The van der Waals surface area contributed by atoms with Gasteiger partial charge in [-0.05, 0) is 29.7 Å². The van der Waals surface area contributed by atoms with E-state index in [1.165, 1.54) is 6.20 Å². The maximum atomic E-state index is 12.4. The number of benzene rings is 1. The van der Waals surface area contributed by atoms with Crippen molar-refractivity contribution in [2.45, 2.75) is 19.0 Å². The van der Waals surface area contributed by atoms with E-state index in [9.17, 15) is 19.5 Å². The van der Waals surface area contributed by atoms with E-state index in [2.05, 4.69) is 10.3 Å². The molecular weight excluding hydrogens is 336 g/mol. The Kier molecular flexibility index (Phi) is 4.83. The molecule has 1 aromatic carbocycles. The standard InChI is InChI=1S/C18H18N4O4/c19-14-9-12(6-7-20-14)8-13-15(17(24)25)22(16(13)23)18(26)21-10-11-4-2-1-3-5-11/h1-7,9,13,15H,8,10H2,(H2,19,20)(H,21,26)(H,24,25). The second kappa shape index (κ2) is 7.22. The molecule has 0 bridgehead atoms. The number of pyridine rings is 1. The van der Waals surface area contributed by atoms with Crippen LogP contribution in [0, 0.1) is 5.92 Å². The third kappa shape index (κ3) is 3.49.